The Labute approximate surface area is 153 Å². The molecule has 2 aliphatic heterocycles. The van der Waals surface area contributed by atoms with Crippen molar-refractivity contribution in [1.29, 1.82) is 0 Å². The topological polar surface area (TPSA) is 79.0 Å². The summed E-state index contributed by atoms with van der Waals surface area (Å²) in [6.45, 7) is 3.71. The first-order chi connectivity index (χ1) is 12.3. The van der Waals surface area contributed by atoms with Crippen LogP contribution in [-0.2, 0) is 19.1 Å². The van der Waals surface area contributed by atoms with Crippen LogP contribution in [0.25, 0.3) is 0 Å². The number of hydrogen-bond acceptors (Lipinski definition) is 6. The second kappa shape index (κ2) is 6.39. The molecule has 140 valence electrons. The van der Waals surface area contributed by atoms with E-state index in [0.29, 0.717) is 6.54 Å². The average molecular weight is 359 g/mol. The third-order valence-electron chi connectivity index (χ3n) is 5.57. The Bertz CT molecular complexity index is 746. The number of hydrogen-bond donors (Lipinski definition) is 1. The van der Waals surface area contributed by atoms with Gasteiger partial charge in [-0.25, -0.2) is 0 Å². The number of anilines is 1. The molecule has 7 nitrogen and oxygen atoms in total. The van der Waals surface area contributed by atoms with Crippen molar-refractivity contribution in [3.8, 4) is 0 Å². The molecule has 0 radical (unpaired) electrons. The van der Waals surface area contributed by atoms with E-state index in [0.717, 1.165) is 11.3 Å². The van der Waals surface area contributed by atoms with Crippen LogP contribution in [0, 0.1) is 11.8 Å². The van der Waals surface area contributed by atoms with E-state index in [1.165, 1.54) is 12.0 Å². The molecule has 2 fully saturated rings. The molecule has 2 saturated heterocycles. The van der Waals surface area contributed by atoms with Gasteiger partial charge in [0.1, 0.15) is 5.54 Å². The minimum absolute atomic E-state index is 0.232. The lowest BCUT2D eigenvalue weighted by Gasteiger charge is -2.28. The van der Waals surface area contributed by atoms with Gasteiger partial charge in [0.15, 0.2) is 0 Å². The molecule has 4 unspecified atom stereocenters. The number of esters is 1. The summed E-state index contributed by atoms with van der Waals surface area (Å²) in [6.07, 6.45) is 0. The van der Waals surface area contributed by atoms with Crippen molar-refractivity contribution in [2.75, 3.05) is 32.6 Å². The van der Waals surface area contributed by atoms with Crippen LogP contribution < -0.4 is 10.2 Å². The summed E-state index contributed by atoms with van der Waals surface area (Å²) in [5.74, 6) is -2.45. The Morgan fingerprint density at radius 2 is 1.85 bits per heavy atom. The van der Waals surface area contributed by atoms with E-state index >= 15 is 0 Å². The maximum Gasteiger partial charge on any atom is 0.326 e. The van der Waals surface area contributed by atoms with E-state index in [1.54, 1.807) is 13.8 Å². The molecule has 7 heteroatoms. The van der Waals surface area contributed by atoms with Crippen LogP contribution in [0.15, 0.2) is 24.3 Å². The van der Waals surface area contributed by atoms with Crippen molar-refractivity contribution in [3.63, 3.8) is 0 Å². The minimum atomic E-state index is -1.24. The number of nitrogens with zero attached hydrogens (tertiary/aromatic N) is 2. The molecule has 2 amide bonds. The molecule has 3 rings (SSSR count). The van der Waals surface area contributed by atoms with Gasteiger partial charge in [0, 0.05) is 32.4 Å². The lowest BCUT2D eigenvalue weighted by Crippen LogP contribution is -2.53. The van der Waals surface area contributed by atoms with E-state index in [1.807, 2.05) is 43.3 Å². The number of likely N-dealkylation sites (tertiary alicyclic amines) is 1. The van der Waals surface area contributed by atoms with Crippen LogP contribution in [0.1, 0.15) is 25.5 Å². The van der Waals surface area contributed by atoms with E-state index in [-0.39, 0.29) is 11.8 Å². The fourth-order valence-electron chi connectivity index (χ4n) is 4.18. The molecule has 1 N–H and O–H groups in total. The Morgan fingerprint density at radius 1 is 1.23 bits per heavy atom. The highest BCUT2D eigenvalue weighted by Gasteiger charge is 2.66. The Morgan fingerprint density at radius 3 is 2.35 bits per heavy atom. The van der Waals surface area contributed by atoms with E-state index in [4.69, 9.17) is 4.74 Å². The molecule has 0 bridgehead atoms. The zero-order valence-corrected chi connectivity index (χ0v) is 15.8. The molecule has 0 aliphatic carbocycles. The van der Waals surface area contributed by atoms with Gasteiger partial charge in [-0.2, -0.15) is 0 Å². The van der Waals surface area contributed by atoms with Gasteiger partial charge in [-0.3, -0.25) is 24.6 Å². The maximum absolute atomic E-state index is 12.9. The van der Waals surface area contributed by atoms with Crippen molar-refractivity contribution < 1.29 is 19.1 Å². The molecule has 0 spiro atoms. The highest BCUT2D eigenvalue weighted by Crippen LogP contribution is 2.49. The number of imide groups is 1. The first kappa shape index (κ1) is 18.4. The van der Waals surface area contributed by atoms with Crippen LogP contribution in [0.3, 0.4) is 0 Å². The van der Waals surface area contributed by atoms with Gasteiger partial charge < -0.3 is 9.64 Å². The molecular formula is C19H25N3O4. The molecular weight excluding hydrogens is 334 g/mol. The zero-order chi connectivity index (χ0) is 19.2. The quantitative estimate of drug-likeness (QED) is 0.637. The number of carbonyl (C=O) groups excluding carboxylic acids is 3. The number of rotatable bonds is 4. The number of ether oxygens (including phenoxy) is 1. The van der Waals surface area contributed by atoms with Crippen LogP contribution in [0.5, 0.6) is 0 Å². The van der Waals surface area contributed by atoms with Gasteiger partial charge in [0.2, 0.25) is 11.8 Å². The van der Waals surface area contributed by atoms with Crippen LogP contribution in [-0.4, -0.2) is 56.0 Å². The summed E-state index contributed by atoms with van der Waals surface area (Å²) in [5, 5.41) is 3.23. The number of methoxy groups -OCH3 is 1. The van der Waals surface area contributed by atoms with Crippen molar-refractivity contribution in [3.05, 3.63) is 29.8 Å². The maximum atomic E-state index is 12.9. The summed E-state index contributed by atoms with van der Waals surface area (Å²) < 4.78 is 4.94. The zero-order valence-electron chi connectivity index (χ0n) is 15.8. The van der Waals surface area contributed by atoms with Crippen molar-refractivity contribution in [2.24, 2.45) is 11.8 Å². The van der Waals surface area contributed by atoms with Crippen molar-refractivity contribution >= 4 is 23.5 Å². The van der Waals surface area contributed by atoms with Gasteiger partial charge in [-0.15, -0.1) is 0 Å². The van der Waals surface area contributed by atoms with Crippen LogP contribution in [0.4, 0.5) is 5.69 Å². The average Bonchev–Trinajstić information content (AvgIpc) is 3.08. The molecule has 26 heavy (non-hydrogen) atoms. The number of amides is 2. The number of benzene rings is 1. The molecule has 1 aromatic rings. The summed E-state index contributed by atoms with van der Waals surface area (Å²) in [4.78, 5) is 41.4. The van der Waals surface area contributed by atoms with Crippen molar-refractivity contribution in [1.82, 2.24) is 10.2 Å². The van der Waals surface area contributed by atoms with E-state index in [2.05, 4.69) is 5.32 Å². The fraction of sp³-hybridized carbons (Fsp3) is 0.526. The number of carbonyl (C=O) groups is 3. The molecule has 0 saturated carbocycles. The molecule has 2 heterocycles. The van der Waals surface area contributed by atoms with E-state index < -0.39 is 29.4 Å². The smallest absolute Gasteiger partial charge is 0.326 e. The fourth-order valence-corrected chi connectivity index (χ4v) is 4.18. The first-order valence-corrected chi connectivity index (χ1v) is 8.74. The van der Waals surface area contributed by atoms with Crippen LogP contribution >= 0.6 is 0 Å². The van der Waals surface area contributed by atoms with Gasteiger partial charge in [0.25, 0.3) is 0 Å². The van der Waals surface area contributed by atoms with Gasteiger partial charge in [0.05, 0.1) is 18.9 Å². The largest absolute Gasteiger partial charge is 0.468 e. The Kier molecular flexibility index (Phi) is 4.52. The SMILES string of the molecule is CCN1C(=O)C2C(c3ccc(N(C)C)cc3)NC(C)(C(=O)OC)C2C1=O. The molecule has 2 aliphatic rings. The minimum Gasteiger partial charge on any atom is -0.468 e. The summed E-state index contributed by atoms with van der Waals surface area (Å²) in [6, 6.07) is 7.35. The first-order valence-electron chi connectivity index (χ1n) is 8.74. The van der Waals surface area contributed by atoms with Gasteiger partial charge in [-0.05, 0) is 31.5 Å². The Hall–Kier alpha value is -2.41. The predicted molar refractivity (Wildman–Crippen MR) is 96.4 cm³/mol. The third kappa shape index (κ3) is 2.49. The standard InChI is InChI=1S/C19H25N3O4/c1-6-22-16(23)13-14(17(22)24)19(2,18(25)26-5)20-15(13)11-7-9-12(10-8-11)21(3)4/h7-10,13-15,20H,6H2,1-5H3. The lowest BCUT2D eigenvalue weighted by molar-refractivity contribution is -0.153. The normalized spacial score (nSPS) is 30.5. The third-order valence-corrected chi connectivity index (χ3v) is 5.57. The van der Waals surface area contributed by atoms with E-state index in [9.17, 15) is 14.4 Å². The second-order valence-electron chi connectivity index (χ2n) is 7.23. The van der Waals surface area contributed by atoms with Gasteiger partial charge >= 0.3 is 5.97 Å². The molecule has 4 atom stereocenters. The highest BCUT2D eigenvalue weighted by molar-refractivity contribution is 6.09. The van der Waals surface area contributed by atoms with Gasteiger partial charge in [-0.1, -0.05) is 12.1 Å². The Balaban J connectivity index is 2.05. The number of nitrogens with one attached hydrogen (secondary N) is 1. The monoisotopic (exact) mass is 359 g/mol. The summed E-state index contributed by atoms with van der Waals surface area (Å²) in [5.41, 5.74) is 0.668. The highest BCUT2D eigenvalue weighted by atomic mass is 16.5. The summed E-state index contributed by atoms with van der Waals surface area (Å²) in [7, 11) is 5.19. The van der Waals surface area contributed by atoms with Crippen molar-refractivity contribution in [2.45, 2.75) is 25.4 Å². The van der Waals surface area contributed by atoms with Crippen LogP contribution in [0.2, 0.25) is 0 Å². The number of fused-ring (bicyclic) bond motifs is 1. The lowest BCUT2D eigenvalue weighted by atomic mass is 9.80. The molecule has 1 aromatic carbocycles. The molecule has 0 aromatic heterocycles. The second-order valence-corrected chi connectivity index (χ2v) is 7.23. The predicted octanol–water partition coefficient (Wildman–Crippen LogP) is 0.950. The summed E-state index contributed by atoms with van der Waals surface area (Å²) >= 11 is 0.